The topological polar surface area (TPSA) is 93.8 Å². The molecular formula is C8H5BrFN5OS. The summed E-state index contributed by atoms with van der Waals surface area (Å²) in [6.07, 6.45) is 0. The van der Waals surface area contributed by atoms with Crippen molar-refractivity contribution in [2.45, 2.75) is 0 Å². The number of carbonyl (C=O) groups is 1. The molecule has 0 bridgehead atoms. The first-order chi connectivity index (χ1) is 8.08. The molecule has 2 rings (SSSR count). The molecule has 88 valence electrons. The van der Waals surface area contributed by atoms with Crippen LogP contribution in [-0.2, 0) is 0 Å². The molecule has 9 heteroatoms. The third-order valence-electron chi connectivity index (χ3n) is 1.85. The van der Waals surface area contributed by atoms with E-state index in [-0.39, 0.29) is 16.4 Å². The Morgan fingerprint density at radius 2 is 2.29 bits per heavy atom. The number of rotatable bonds is 2. The van der Waals surface area contributed by atoms with Gasteiger partial charge in [-0.25, -0.2) is 4.39 Å². The molecule has 0 aliphatic carbocycles. The van der Waals surface area contributed by atoms with Crippen LogP contribution in [0.1, 0.15) is 10.4 Å². The lowest BCUT2D eigenvalue weighted by Crippen LogP contribution is -2.13. The van der Waals surface area contributed by atoms with Gasteiger partial charge in [-0.05, 0) is 33.3 Å². The number of hydrogen-bond donors (Lipinski definition) is 2. The largest absolute Gasteiger partial charge is 0.396 e. The maximum Gasteiger partial charge on any atom is 0.258 e. The molecule has 0 radical (unpaired) electrons. The lowest BCUT2D eigenvalue weighted by molar-refractivity contribution is 0.102. The molecular weight excluding hydrogens is 313 g/mol. The summed E-state index contributed by atoms with van der Waals surface area (Å²) in [5.41, 5.74) is 5.49. The van der Waals surface area contributed by atoms with Gasteiger partial charge in [0, 0.05) is 16.0 Å². The summed E-state index contributed by atoms with van der Waals surface area (Å²) in [6.45, 7) is 0. The van der Waals surface area contributed by atoms with Crippen molar-refractivity contribution in [2.75, 3.05) is 11.1 Å². The van der Waals surface area contributed by atoms with Crippen molar-refractivity contribution in [1.82, 2.24) is 14.8 Å². The van der Waals surface area contributed by atoms with Gasteiger partial charge in [-0.3, -0.25) is 10.1 Å². The summed E-state index contributed by atoms with van der Waals surface area (Å²) in [5.74, 6) is -1.06. The van der Waals surface area contributed by atoms with Gasteiger partial charge < -0.3 is 5.73 Å². The van der Waals surface area contributed by atoms with E-state index < -0.39 is 11.7 Å². The van der Waals surface area contributed by atoms with Gasteiger partial charge in [0.1, 0.15) is 5.82 Å². The fraction of sp³-hybridized carbons (Fsp3) is 0. The Hall–Kier alpha value is -1.61. The molecule has 1 aromatic heterocycles. The number of carbonyl (C=O) groups excluding carboxylic acids is 1. The number of nitrogens with one attached hydrogen (secondary N) is 1. The first kappa shape index (κ1) is 11.9. The average Bonchev–Trinajstić information content (AvgIpc) is 2.76. The molecule has 17 heavy (non-hydrogen) atoms. The molecule has 0 atom stereocenters. The van der Waals surface area contributed by atoms with Gasteiger partial charge >= 0.3 is 0 Å². The van der Waals surface area contributed by atoms with Crippen molar-refractivity contribution in [3.63, 3.8) is 0 Å². The van der Waals surface area contributed by atoms with E-state index in [2.05, 4.69) is 36.0 Å². The SMILES string of the molecule is Nc1cc(C(=O)Nc2nnns2)c(Br)cc1F. The normalized spacial score (nSPS) is 10.2. The molecule has 0 aliphatic heterocycles. The quantitative estimate of drug-likeness (QED) is 0.822. The van der Waals surface area contributed by atoms with Crippen LogP contribution in [0.5, 0.6) is 0 Å². The van der Waals surface area contributed by atoms with Crippen LogP contribution < -0.4 is 11.1 Å². The number of hydrogen-bond acceptors (Lipinski definition) is 6. The summed E-state index contributed by atoms with van der Waals surface area (Å²) in [6, 6.07) is 2.37. The van der Waals surface area contributed by atoms with E-state index in [1.165, 1.54) is 6.07 Å². The summed E-state index contributed by atoms with van der Waals surface area (Å²) in [7, 11) is 0. The second-order valence-electron chi connectivity index (χ2n) is 2.98. The van der Waals surface area contributed by atoms with Gasteiger partial charge in [-0.1, -0.05) is 9.59 Å². The molecule has 2 aromatic rings. The second kappa shape index (κ2) is 4.72. The second-order valence-corrected chi connectivity index (χ2v) is 4.56. The molecule has 0 spiro atoms. The Morgan fingerprint density at radius 1 is 1.53 bits per heavy atom. The minimum Gasteiger partial charge on any atom is -0.396 e. The van der Waals surface area contributed by atoms with Gasteiger partial charge in [0.15, 0.2) is 0 Å². The Balaban J connectivity index is 2.28. The van der Waals surface area contributed by atoms with E-state index in [4.69, 9.17) is 5.73 Å². The highest BCUT2D eigenvalue weighted by Gasteiger charge is 2.14. The molecule has 0 unspecified atom stereocenters. The fourth-order valence-corrected chi connectivity index (χ4v) is 1.94. The first-order valence-electron chi connectivity index (χ1n) is 4.29. The number of anilines is 2. The van der Waals surface area contributed by atoms with E-state index in [1.54, 1.807) is 0 Å². The summed E-state index contributed by atoms with van der Waals surface area (Å²) in [4.78, 5) is 11.8. The fourth-order valence-electron chi connectivity index (χ4n) is 1.09. The standard InChI is InChI=1S/C8H5BrFN5OS/c9-4-2-5(10)6(11)1-3(4)7(16)12-8-13-14-15-17-8/h1-2H,11H2,(H,12,13,15,16). The third kappa shape index (κ3) is 2.56. The predicted molar refractivity (Wildman–Crippen MR) is 64.2 cm³/mol. The Labute approximate surface area is 107 Å². The number of nitrogens with two attached hydrogens (primary N) is 1. The molecule has 0 aliphatic rings. The lowest BCUT2D eigenvalue weighted by atomic mass is 10.2. The number of nitrogen functional groups attached to an aromatic ring is 1. The van der Waals surface area contributed by atoms with Gasteiger partial charge in [0.05, 0.1) is 11.3 Å². The summed E-state index contributed by atoms with van der Waals surface area (Å²) >= 11 is 4.02. The lowest BCUT2D eigenvalue weighted by Gasteiger charge is -2.05. The molecule has 1 aromatic carbocycles. The van der Waals surface area contributed by atoms with Crippen LogP contribution in [0.15, 0.2) is 16.6 Å². The zero-order chi connectivity index (χ0) is 12.4. The summed E-state index contributed by atoms with van der Waals surface area (Å²) < 4.78 is 16.9. The Morgan fingerprint density at radius 3 is 2.94 bits per heavy atom. The third-order valence-corrected chi connectivity index (χ3v) is 3.02. The van der Waals surface area contributed by atoms with Crippen LogP contribution in [-0.4, -0.2) is 20.7 Å². The summed E-state index contributed by atoms with van der Waals surface area (Å²) in [5, 5.41) is 9.60. The van der Waals surface area contributed by atoms with E-state index in [9.17, 15) is 9.18 Å². The van der Waals surface area contributed by atoms with Crippen LogP contribution in [0.4, 0.5) is 15.2 Å². The molecule has 0 saturated heterocycles. The first-order valence-corrected chi connectivity index (χ1v) is 5.85. The maximum absolute atomic E-state index is 13.1. The zero-order valence-corrected chi connectivity index (χ0v) is 10.5. The van der Waals surface area contributed by atoms with Crippen molar-refractivity contribution in [1.29, 1.82) is 0 Å². The van der Waals surface area contributed by atoms with E-state index >= 15 is 0 Å². The van der Waals surface area contributed by atoms with Gasteiger partial charge in [-0.15, -0.1) is 0 Å². The highest BCUT2D eigenvalue weighted by Crippen LogP contribution is 2.23. The number of benzene rings is 1. The number of amides is 1. The molecule has 1 amide bonds. The minimum absolute atomic E-state index is 0.103. The van der Waals surface area contributed by atoms with Crippen LogP contribution in [0, 0.1) is 5.82 Å². The predicted octanol–water partition coefficient (Wildman–Crippen LogP) is 1.67. The Kier molecular flexibility index (Phi) is 3.29. The van der Waals surface area contributed by atoms with Gasteiger partial charge in [0.2, 0.25) is 5.13 Å². The molecule has 0 fully saturated rings. The van der Waals surface area contributed by atoms with Crippen LogP contribution in [0.3, 0.4) is 0 Å². The van der Waals surface area contributed by atoms with Crippen molar-refractivity contribution in [3.05, 3.63) is 28.0 Å². The number of aromatic nitrogens is 3. The van der Waals surface area contributed by atoms with Crippen molar-refractivity contribution in [2.24, 2.45) is 0 Å². The van der Waals surface area contributed by atoms with E-state index in [0.717, 1.165) is 17.6 Å². The molecule has 0 saturated carbocycles. The highest BCUT2D eigenvalue weighted by atomic mass is 79.9. The smallest absolute Gasteiger partial charge is 0.258 e. The van der Waals surface area contributed by atoms with Gasteiger partial charge in [0.25, 0.3) is 5.91 Å². The van der Waals surface area contributed by atoms with Crippen molar-refractivity contribution in [3.8, 4) is 0 Å². The number of nitrogens with zero attached hydrogens (tertiary/aromatic N) is 3. The maximum atomic E-state index is 13.1. The highest BCUT2D eigenvalue weighted by molar-refractivity contribution is 9.10. The van der Waals surface area contributed by atoms with Crippen LogP contribution >= 0.6 is 27.5 Å². The van der Waals surface area contributed by atoms with Crippen LogP contribution in [0.25, 0.3) is 0 Å². The molecule has 3 N–H and O–H groups in total. The van der Waals surface area contributed by atoms with Gasteiger partial charge in [-0.2, -0.15) is 0 Å². The van der Waals surface area contributed by atoms with Crippen molar-refractivity contribution < 1.29 is 9.18 Å². The van der Waals surface area contributed by atoms with E-state index in [0.29, 0.717) is 4.47 Å². The van der Waals surface area contributed by atoms with Crippen molar-refractivity contribution >= 4 is 44.2 Å². The molecule has 6 nitrogen and oxygen atoms in total. The number of halogens is 2. The monoisotopic (exact) mass is 317 g/mol. The zero-order valence-electron chi connectivity index (χ0n) is 8.15. The Bertz CT molecular complexity index is 561. The van der Waals surface area contributed by atoms with Crippen LogP contribution in [0.2, 0.25) is 0 Å². The molecule has 1 heterocycles. The van der Waals surface area contributed by atoms with E-state index in [1.807, 2.05) is 0 Å². The minimum atomic E-state index is -0.592. The average molecular weight is 318 g/mol.